The Morgan fingerprint density at radius 3 is 2.54 bits per heavy atom. The summed E-state index contributed by atoms with van der Waals surface area (Å²) >= 11 is 0. The Hall–Kier alpha value is -3.15. The van der Waals surface area contributed by atoms with Crippen molar-refractivity contribution in [1.29, 1.82) is 0 Å². The molecule has 5 nitrogen and oxygen atoms in total. The lowest BCUT2D eigenvalue weighted by Gasteiger charge is -2.23. The Kier molecular flexibility index (Phi) is 4.75. The first-order valence-electron chi connectivity index (χ1n) is 8.23. The fourth-order valence-electron chi connectivity index (χ4n) is 2.71. The van der Waals surface area contributed by atoms with Crippen molar-refractivity contribution >= 4 is 11.8 Å². The van der Waals surface area contributed by atoms with Gasteiger partial charge in [-0.1, -0.05) is 61.5 Å². The highest BCUT2D eigenvalue weighted by Gasteiger charge is 2.28. The molecule has 0 saturated heterocycles. The molecule has 0 saturated carbocycles. The second kappa shape index (κ2) is 7.00. The van der Waals surface area contributed by atoms with Crippen molar-refractivity contribution in [3.63, 3.8) is 0 Å². The highest BCUT2D eigenvalue weighted by Crippen LogP contribution is 2.34. The number of halogens is 1. The van der Waals surface area contributed by atoms with E-state index in [4.69, 9.17) is 10.3 Å². The van der Waals surface area contributed by atoms with Crippen LogP contribution in [-0.4, -0.2) is 18.2 Å². The van der Waals surface area contributed by atoms with Gasteiger partial charge in [0, 0.05) is 24.1 Å². The molecule has 26 heavy (non-hydrogen) atoms. The summed E-state index contributed by atoms with van der Waals surface area (Å²) in [5.74, 6) is 0.340. The number of anilines is 1. The monoisotopic (exact) mass is 352 g/mol. The molecule has 0 aliphatic carbocycles. The highest BCUT2D eigenvalue weighted by atomic mass is 19.1. The predicted molar refractivity (Wildman–Crippen MR) is 102 cm³/mol. The zero-order valence-electron chi connectivity index (χ0n) is 15.0. The minimum Gasteiger partial charge on any atom is -0.370 e. The Balaban J connectivity index is 1.91. The molecule has 134 valence electrons. The van der Waals surface area contributed by atoms with Crippen molar-refractivity contribution in [3.05, 3.63) is 71.7 Å². The molecule has 3 aromatic rings. The second-order valence-corrected chi connectivity index (χ2v) is 6.50. The van der Waals surface area contributed by atoms with Crippen LogP contribution in [0.15, 0.2) is 64.1 Å². The first-order chi connectivity index (χ1) is 12.4. The van der Waals surface area contributed by atoms with Crippen molar-refractivity contribution in [2.45, 2.75) is 19.3 Å². The molecule has 1 aromatic heterocycles. The van der Waals surface area contributed by atoms with Gasteiger partial charge in [-0.25, -0.2) is 4.39 Å². The van der Waals surface area contributed by atoms with E-state index in [1.807, 2.05) is 50.2 Å². The molecular formula is C20H21FN4O. The first kappa shape index (κ1) is 17.7. The Morgan fingerprint density at radius 2 is 1.88 bits per heavy atom. The molecule has 3 N–H and O–H groups in total. The van der Waals surface area contributed by atoms with E-state index in [2.05, 4.69) is 15.5 Å². The Morgan fingerprint density at radius 1 is 1.15 bits per heavy atom. The van der Waals surface area contributed by atoms with E-state index >= 15 is 0 Å². The largest absolute Gasteiger partial charge is 0.370 e. The third-order valence-corrected chi connectivity index (χ3v) is 4.42. The molecule has 0 fully saturated rings. The second-order valence-electron chi connectivity index (χ2n) is 6.50. The third kappa shape index (κ3) is 3.44. The summed E-state index contributed by atoms with van der Waals surface area (Å²) in [7, 11) is 1.57. The molecule has 0 aliphatic rings. The van der Waals surface area contributed by atoms with Crippen LogP contribution >= 0.6 is 0 Å². The van der Waals surface area contributed by atoms with Crippen molar-refractivity contribution in [2.24, 2.45) is 10.7 Å². The maximum atomic E-state index is 14.7. The van der Waals surface area contributed by atoms with Crippen LogP contribution in [0.25, 0.3) is 11.1 Å². The quantitative estimate of drug-likeness (QED) is 0.546. The molecule has 0 amide bonds. The Labute approximate surface area is 151 Å². The minimum atomic E-state index is -0.544. The van der Waals surface area contributed by atoms with Gasteiger partial charge in [-0.05, 0) is 17.2 Å². The lowest BCUT2D eigenvalue weighted by atomic mass is 9.81. The molecule has 3 rings (SSSR count). The lowest BCUT2D eigenvalue weighted by Crippen LogP contribution is -2.22. The number of rotatable bonds is 4. The molecule has 0 atom stereocenters. The topological polar surface area (TPSA) is 76.4 Å². The van der Waals surface area contributed by atoms with E-state index in [1.54, 1.807) is 25.2 Å². The van der Waals surface area contributed by atoms with Gasteiger partial charge in [-0.2, -0.15) is 0 Å². The molecule has 0 bridgehead atoms. The highest BCUT2D eigenvalue weighted by molar-refractivity contribution is 5.90. The van der Waals surface area contributed by atoms with Crippen LogP contribution in [0.5, 0.6) is 0 Å². The summed E-state index contributed by atoms with van der Waals surface area (Å²) < 4.78 is 20.0. The molecule has 1 heterocycles. The number of hydrogen-bond donors (Lipinski definition) is 2. The minimum absolute atomic E-state index is 0.226. The van der Waals surface area contributed by atoms with E-state index in [9.17, 15) is 4.39 Å². The van der Waals surface area contributed by atoms with E-state index in [1.165, 1.54) is 0 Å². The molecule has 2 aromatic carbocycles. The maximum Gasteiger partial charge on any atom is 0.231 e. The predicted octanol–water partition coefficient (Wildman–Crippen LogP) is 4.16. The average molecular weight is 352 g/mol. The van der Waals surface area contributed by atoms with E-state index < -0.39 is 5.41 Å². The molecule has 6 heteroatoms. The number of benzene rings is 2. The van der Waals surface area contributed by atoms with Gasteiger partial charge in [0.05, 0.1) is 5.69 Å². The van der Waals surface area contributed by atoms with Crippen LogP contribution < -0.4 is 11.1 Å². The van der Waals surface area contributed by atoms with Crippen LogP contribution in [-0.2, 0) is 5.41 Å². The first-order valence-corrected chi connectivity index (χ1v) is 8.23. The molecule has 0 unspecified atom stereocenters. The van der Waals surface area contributed by atoms with E-state index in [0.29, 0.717) is 17.1 Å². The average Bonchev–Trinajstić information content (AvgIpc) is 3.11. The molecule has 0 radical (unpaired) electrons. The van der Waals surface area contributed by atoms with E-state index in [0.717, 1.165) is 11.1 Å². The molecule has 0 aliphatic heterocycles. The van der Waals surface area contributed by atoms with Crippen LogP contribution in [0.2, 0.25) is 0 Å². The molecular weight excluding hydrogens is 331 g/mol. The van der Waals surface area contributed by atoms with Crippen molar-refractivity contribution in [3.8, 4) is 11.1 Å². The number of aliphatic imine (C=N–C) groups is 1. The standard InChI is InChI=1S/C20H21FN4O/c1-20(2,17-12-18(26-25-17)24-19(22)23-3)14-9-10-15(16(21)11-14)13-7-5-4-6-8-13/h4-12H,1-3H3,(H3,22,23,24). The molecule has 0 spiro atoms. The van der Waals surface area contributed by atoms with Gasteiger partial charge in [0.1, 0.15) is 5.82 Å². The van der Waals surface area contributed by atoms with Crippen LogP contribution in [0.4, 0.5) is 10.3 Å². The number of nitrogens with two attached hydrogens (primary N) is 1. The third-order valence-electron chi connectivity index (χ3n) is 4.42. The summed E-state index contributed by atoms with van der Waals surface area (Å²) in [5.41, 5.74) is 7.96. The van der Waals surface area contributed by atoms with E-state index in [-0.39, 0.29) is 11.8 Å². The zero-order valence-corrected chi connectivity index (χ0v) is 15.0. The van der Waals surface area contributed by atoms with Gasteiger partial charge in [0.25, 0.3) is 0 Å². The summed E-state index contributed by atoms with van der Waals surface area (Å²) in [5, 5.41) is 6.89. The zero-order chi connectivity index (χ0) is 18.7. The number of guanidine groups is 1. The van der Waals surface area contributed by atoms with Gasteiger partial charge in [-0.3, -0.25) is 10.3 Å². The van der Waals surface area contributed by atoms with Gasteiger partial charge < -0.3 is 10.3 Å². The van der Waals surface area contributed by atoms with Crippen LogP contribution in [0.3, 0.4) is 0 Å². The van der Waals surface area contributed by atoms with Gasteiger partial charge in [-0.15, -0.1) is 0 Å². The number of nitrogens with one attached hydrogen (secondary N) is 1. The van der Waals surface area contributed by atoms with Crippen molar-refractivity contribution < 1.29 is 8.91 Å². The smallest absolute Gasteiger partial charge is 0.231 e. The maximum absolute atomic E-state index is 14.7. The fourth-order valence-corrected chi connectivity index (χ4v) is 2.71. The van der Waals surface area contributed by atoms with Gasteiger partial charge in [0.2, 0.25) is 5.88 Å². The summed E-state index contributed by atoms with van der Waals surface area (Å²) in [6, 6.07) is 16.5. The SMILES string of the molecule is CN=C(N)Nc1cc(C(C)(C)c2ccc(-c3ccccc3)c(F)c2)no1. The van der Waals surface area contributed by atoms with Crippen LogP contribution in [0, 0.1) is 5.82 Å². The summed E-state index contributed by atoms with van der Waals surface area (Å²) in [6.07, 6.45) is 0. The number of aromatic nitrogens is 1. The van der Waals surface area contributed by atoms with Crippen molar-refractivity contribution in [1.82, 2.24) is 5.16 Å². The summed E-state index contributed by atoms with van der Waals surface area (Å²) in [6.45, 7) is 3.92. The van der Waals surface area contributed by atoms with Gasteiger partial charge >= 0.3 is 0 Å². The number of nitrogens with zero attached hydrogens (tertiary/aromatic N) is 2. The summed E-state index contributed by atoms with van der Waals surface area (Å²) in [4.78, 5) is 3.81. The number of hydrogen-bond acceptors (Lipinski definition) is 3. The van der Waals surface area contributed by atoms with Crippen LogP contribution in [0.1, 0.15) is 25.1 Å². The van der Waals surface area contributed by atoms with Crippen molar-refractivity contribution in [2.75, 3.05) is 12.4 Å². The normalized spacial score (nSPS) is 12.2. The van der Waals surface area contributed by atoms with Gasteiger partial charge in [0.15, 0.2) is 5.96 Å². The fraction of sp³-hybridized carbons (Fsp3) is 0.200. The lowest BCUT2D eigenvalue weighted by molar-refractivity contribution is 0.410. The Bertz CT molecular complexity index is 932.